The molecule has 0 saturated heterocycles. The van der Waals surface area contributed by atoms with Crippen molar-refractivity contribution in [1.29, 1.82) is 0 Å². The molecule has 0 aliphatic carbocycles. The normalized spacial score (nSPS) is 12.4. The molecule has 0 unspecified atom stereocenters. The van der Waals surface area contributed by atoms with Crippen molar-refractivity contribution < 1.29 is 4.62 Å². The number of hydrogen-bond acceptors (Lipinski definition) is 6. The minimum Gasteiger partial charge on any atom is -0.183 e. The van der Waals surface area contributed by atoms with E-state index < -0.39 is 7.94 Å². The topological polar surface area (TPSA) is 49.7 Å². The fourth-order valence-electron chi connectivity index (χ4n) is 4.18. The van der Waals surface area contributed by atoms with Gasteiger partial charge in [-0.25, -0.2) is 0 Å². The Morgan fingerprint density at radius 1 is 0.719 bits per heavy atom. The molecule has 32 heavy (non-hydrogen) atoms. The Morgan fingerprint density at radius 3 is 1.75 bits per heavy atom. The summed E-state index contributed by atoms with van der Waals surface area (Å²) in [6.07, 6.45) is 0. The van der Waals surface area contributed by atoms with Crippen molar-refractivity contribution in [3.8, 4) is 0 Å². The highest BCUT2D eigenvalue weighted by Gasteiger charge is 2.58. The van der Waals surface area contributed by atoms with Crippen molar-refractivity contribution in [1.82, 2.24) is 29.2 Å². The van der Waals surface area contributed by atoms with Gasteiger partial charge in [0.05, 0.1) is 0 Å². The standard InChI is InChI=1S/C24H30N6OP/c1-27(2)32(28(3)4,31-30-23-19-13-12-18-22(23)25-26-30)29(5)24(20-14-8-6-9-15-20)21-16-10-7-11-17-21/h6-19,24H,1-5H3/q+1. The molecule has 1 aromatic heterocycles. The molecule has 7 nitrogen and oxygen atoms in total. The maximum atomic E-state index is 6.80. The summed E-state index contributed by atoms with van der Waals surface area (Å²) in [5.74, 6) is 0. The first kappa shape index (κ1) is 22.4. The second-order valence-corrected chi connectivity index (χ2v) is 11.5. The molecule has 0 saturated carbocycles. The molecule has 4 rings (SSSR count). The largest absolute Gasteiger partial charge is 0.450 e. The first-order valence-electron chi connectivity index (χ1n) is 10.5. The Morgan fingerprint density at radius 2 is 1.22 bits per heavy atom. The van der Waals surface area contributed by atoms with Crippen LogP contribution in [-0.2, 0) is 0 Å². The fourth-order valence-corrected chi connectivity index (χ4v) is 7.33. The lowest BCUT2D eigenvalue weighted by molar-refractivity contribution is 0.175. The first-order chi connectivity index (χ1) is 15.4. The van der Waals surface area contributed by atoms with Crippen LogP contribution in [0.4, 0.5) is 0 Å². The Hall–Kier alpha value is -2.83. The van der Waals surface area contributed by atoms with E-state index in [0.717, 1.165) is 11.0 Å². The van der Waals surface area contributed by atoms with E-state index >= 15 is 0 Å². The molecule has 0 N–H and O–H groups in total. The highest BCUT2D eigenvalue weighted by molar-refractivity contribution is 7.64. The highest BCUT2D eigenvalue weighted by atomic mass is 31.2. The van der Waals surface area contributed by atoms with Crippen LogP contribution < -0.4 is 4.62 Å². The third-order valence-corrected chi connectivity index (χ3v) is 9.08. The maximum Gasteiger partial charge on any atom is 0.450 e. The predicted octanol–water partition coefficient (Wildman–Crippen LogP) is 4.38. The molecule has 0 radical (unpaired) electrons. The highest BCUT2D eigenvalue weighted by Crippen LogP contribution is 2.65. The summed E-state index contributed by atoms with van der Waals surface area (Å²) in [4.78, 5) is 1.56. The summed E-state index contributed by atoms with van der Waals surface area (Å²) < 4.78 is 13.4. The summed E-state index contributed by atoms with van der Waals surface area (Å²) in [5, 5.41) is 8.62. The van der Waals surface area contributed by atoms with E-state index in [1.807, 2.05) is 36.4 Å². The Labute approximate surface area is 190 Å². The Balaban J connectivity index is 1.85. The zero-order valence-corrected chi connectivity index (χ0v) is 20.1. The summed E-state index contributed by atoms with van der Waals surface area (Å²) in [7, 11) is 7.78. The zero-order valence-electron chi connectivity index (χ0n) is 19.2. The van der Waals surface area contributed by atoms with Gasteiger partial charge in [0.1, 0.15) is 17.1 Å². The molecule has 8 heteroatoms. The monoisotopic (exact) mass is 449 g/mol. The second kappa shape index (κ2) is 9.35. The van der Waals surface area contributed by atoms with Gasteiger partial charge in [-0.15, -0.1) is 19.1 Å². The smallest absolute Gasteiger partial charge is 0.183 e. The zero-order chi connectivity index (χ0) is 22.7. The molecule has 0 spiro atoms. The van der Waals surface area contributed by atoms with Gasteiger partial charge in [0.2, 0.25) is 0 Å². The van der Waals surface area contributed by atoms with Gasteiger partial charge in [0.25, 0.3) is 0 Å². The van der Waals surface area contributed by atoms with Crippen LogP contribution in [0.2, 0.25) is 0 Å². The number of nitrogens with zero attached hydrogens (tertiary/aromatic N) is 6. The third kappa shape index (κ3) is 4.00. The maximum absolute atomic E-state index is 6.80. The summed E-state index contributed by atoms with van der Waals surface area (Å²) in [5.41, 5.74) is 4.03. The number of fused-ring (bicyclic) bond motifs is 1. The lowest BCUT2D eigenvalue weighted by Gasteiger charge is -2.40. The lowest BCUT2D eigenvalue weighted by Crippen LogP contribution is -2.45. The van der Waals surface area contributed by atoms with E-state index in [1.54, 1.807) is 4.85 Å². The quantitative estimate of drug-likeness (QED) is 0.372. The average Bonchev–Trinajstić information content (AvgIpc) is 3.21. The number of benzene rings is 3. The van der Waals surface area contributed by atoms with Crippen molar-refractivity contribution in [3.63, 3.8) is 0 Å². The first-order valence-corrected chi connectivity index (χ1v) is 12.1. The van der Waals surface area contributed by atoms with Gasteiger partial charge in [-0.3, -0.25) is 0 Å². The summed E-state index contributed by atoms with van der Waals surface area (Å²) >= 11 is 0. The van der Waals surface area contributed by atoms with Crippen LogP contribution in [0.1, 0.15) is 17.2 Å². The molecule has 0 aliphatic rings. The lowest BCUT2D eigenvalue weighted by atomic mass is 9.99. The molecular weight excluding hydrogens is 419 g/mol. The van der Waals surface area contributed by atoms with E-state index in [2.05, 4.69) is 108 Å². The molecule has 0 amide bonds. The van der Waals surface area contributed by atoms with Crippen LogP contribution in [0.3, 0.4) is 0 Å². The average molecular weight is 450 g/mol. The van der Waals surface area contributed by atoms with Crippen LogP contribution in [0, 0.1) is 0 Å². The summed E-state index contributed by atoms with van der Waals surface area (Å²) in [6.45, 7) is 0. The number of hydrogen-bond donors (Lipinski definition) is 0. The van der Waals surface area contributed by atoms with Crippen molar-refractivity contribution in [2.24, 2.45) is 0 Å². The third-order valence-electron chi connectivity index (χ3n) is 5.57. The molecular formula is C24H30N6OP+. The molecule has 4 aromatic rings. The minimum atomic E-state index is -2.55. The van der Waals surface area contributed by atoms with Crippen molar-refractivity contribution in [2.45, 2.75) is 6.04 Å². The summed E-state index contributed by atoms with van der Waals surface area (Å²) in [6, 6.07) is 28.9. The van der Waals surface area contributed by atoms with Crippen LogP contribution >= 0.6 is 7.94 Å². The van der Waals surface area contributed by atoms with Gasteiger partial charge >= 0.3 is 7.94 Å². The van der Waals surface area contributed by atoms with Gasteiger partial charge < -0.3 is 0 Å². The molecule has 166 valence electrons. The van der Waals surface area contributed by atoms with Crippen molar-refractivity contribution in [3.05, 3.63) is 96.1 Å². The van der Waals surface area contributed by atoms with E-state index in [1.165, 1.54) is 11.1 Å². The number of para-hydroxylation sites is 1. The molecule has 3 aromatic carbocycles. The second-order valence-electron chi connectivity index (χ2n) is 8.04. The van der Waals surface area contributed by atoms with Crippen LogP contribution in [0.5, 0.6) is 0 Å². The number of rotatable bonds is 8. The Bertz CT molecular complexity index is 1100. The number of aromatic nitrogens is 3. The van der Waals surface area contributed by atoms with Gasteiger partial charge in [0, 0.05) is 35.2 Å². The van der Waals surface area contributed by atoms with E-state index in [-0.39, 0.29) is 6.04 Å². The molecule has 0 aliphatic heterocycles. The minimum absolute atomic E-state index is 0.0229. The SMILES string of the molecule is CN(C)[P+](On1nnc2ccccc21)(N(C)C)N(C)C(c1ccccc1)c1ccccc1. The van der Waals surface area contributed by atoms with Crippen molar-refractivity contribution >= 4 is 19.0 Å². The Kier molecular flexibility index (Phi) is 6.53. The molecule has 0 fully saturated rings. The molecule has 0 bridgehead atoms. The van der Waals surface area contributed by atoms with Gasteiger partial charge in [-0.1, -0.05) is 72.8 Å². The van der Waals surface area contributed by atoms with Crippen molar-refractivity contribution in [2.75, 3.05) is 35.2 Å². The van der Waals surface area contributed by atoms with Gasteiger partial charge in [-0.05, 0) is 33.3 Å². The van der Waals surface area contributed by atoms with Crippen LogP contribution in [0.15, 0.2) is 84.9 Å². The molecule has 1 heterocycles. The van der Waals surface area contributed by atoms with Gasteiger partial charge in [-0.2, -0.15) is 4.62 Å². The van der Waals surface area contributed by atoms with E-state index in [9.17, 15) is 0 Å². The van der Waals surface area contributed by atoms with Gasteiger partial charge in [0.15, 0.2) is 0 Å². The molecule has 0 atom stereocenters. The van der Waals surface area contributed by atoms with Crippen LogP contribution in [0.25, 0.3) is 11.0 Å². The van der Waals surface area contributed by atoms with Crippen LogP contribution in [-0.4, -0.2) is 64.4 Å². The van der Waals surface area contributed by atoms with E-state index in [0.29, 0.717) is 0 Å². The predicted molar refractivity (Wildman–Crippen MR) is 131 cm³/mol. The fraction of sp³-hybridized carbons (Fsp3) is 0.250. The van der Waals surface area contributed by atoms with E-state index in [4.69, 9.17) is 4.62 Å².